The lowest BCUT2D eigenvalue weighted by atomic mass is 9.96. The van der Waals surface area contributed by atoms with Gasteiger partial charge in [0.25, 0.3) is 0 Å². The van der Waals surface area contributed by atoms with E-state index in [0.29, 0.717) is 5.92 Å². The number of ether oxygens (including phenoxy) is 2. The van der Waals surface area contributed by atoms with Gasteiger partial charge in [-0.05, 0) is 25.8 Å². The molecule has 0 amide bonds. The van der Waals surface area contributed by atoms with Crippen molar-refractivity contribution < 1.29 is 9.47 Å². The van der Waals surface area contributed by atoms with E-state index in [1.54, 1.807) is 7.11 Å². The molecule has 27 heavy (non-hydrogen) atoms. The molecule has 2 fully saturated rings. The van der Waals surface area contributed by atoms with Gasteiger partial charge in [-0.25, -0.2) is 15.0 Å². The van der Waals surface area contributed by atoms with Crippen molar-refractivity contribution in [3.63, 3.8) is 0 Å². The highest BCUT2D eigenvalue weighted by molar-refractivity contribution is 7.09. The molecule has 4 heterocycles. The van der Waals surface area contributed by atoms with Crippen LogP contribution in [0.25, 0.3) is 0 Å². The quantitative estimate of drug-likeness (QED) is 0.769. The summed E-state index contributed by atoms with van der Waals surface area (Å²) in [6.45, 7) is 7.20. The van der Waals surface area contributed by atoms with E-state index in [0.717, 1.165) is 74.8 Å². The third kappa shape index (κ3) is 4.20. The predicted octanol–water partition coefficient (Wildman–Crippen LogP) is 2.26. The van der Waals surface area contributed by atoms with Crippen molar-refractivity contribution in [3.8, 4) is 0 Å². The molecule has 4 rings (SSSR count). The van der Waals surface area contributed by atoms with Gasteiger partial charge in [0.05, 0.1) is 13.2 Å². The first-order chi connectivity index (χ1) is 13.2. The van der Waals surface area contributed by atoms with Gasteiger partial charge >= 0.3 is 0 Å². The van der Waals surface area contributed by atoms with Crippen LogP contribution in [0.15, 0.2) is 12.3 Å². The van der Waals surface area contributed by atoms with Crippen molar-refractivity contribution >= 4 is 22.5 Å². The van der Waals surface area contributed by atoms with Gasteiger partial charge in [-0.3, -0.25) is 0 Å². The Balaban J connectivity index is 1.38. The first kappa shape index (κ1) is 18.5. The van der Waals surface area contributed by atoms with E-state index < -0.39 is 0 Å². The molecule has 0 aliphatic carbocycles. The Kier molecular flexibility index (Phi) is 5.80. The SMILES string of the molecule is COC(C)c1nsc(N2CCC(c3nccc(N4CCOCC4)n3)CC2)n1. The number of piperidine rings is 1. The molecule has 9 heteroatoms. The summed E-state index contributed by atoms with van der Waals surface area (Å²) < 4.78 is 15.2. The molecule has 2 saturated heterocycles. The number of anilines is 2. The number of methoxy groups -OCH3 is 1. The van der Waals surface area contributed by atoms with E-state index in [1.807, 2.05) is 19.2 Å². The molecule has 2 aliphatic heterocycles. The molecule has 0 N–H and O–H groups in total. The smallest absolute Gasteiger partial charge is 0.205 e. The van der Waals surface area contributed by atoms with Gasteiger partial charge in [-0.15, -0.1) is 0 Å². The Morgan fingerprint density at radius 3 is 2.67 bits per heavy atom. The molecule has 2 aliphatic rings. The van der Waals surface area contributed by atoms with Gasteiger partial charge in [0.1, 0.15) is 17.7 Å². The lowest BCUT2D eigenvalue weighted by Gasteiger charge is -2.32. The van der Waals surface area contributed by atoms with Crippen LogP contribution in [-0.2, 0) is 9.47 Å². The molecular formula is C18H26N6O2S. The van der Waals surface area contributed by atoms with Crippen molar-refractivity contribution in [2.75, 3.05) is 56.3 Å². The van der Waals surface area contributed by atoms with Crippen molar-refractivity contribution in [3.05, 3.63) is 23.9 Å². The molecule has 2 aromatic heterocycles. The van der Waals surface area contributed by atoms with Crippen molar-refractivity contribution in [2.45, 2.75) is 31.8 Å². The summed E-state index contributed by atoms with van der Waals surface area (Å²) >= 11 is 1.45. The summed E-state index contributed by atoms with van der Waals surface area (Å²) in [6, 6.07) is 2.00. The van der Waals surface area contributed by atoms with Crippen LogP contribution in [0.4, 0.5) is 10.9 Å². The number of aromatic nitrogens is 4. The lowest BCUT2D eigenvalue weighted by molar-refractivity contribution is 0.113. The summed E-state index contributed by atoms with van der Waals surface area (Å²) in [5, 5.41) is 0.982. The Hall–Kier alpha value is -1.84. The lowest BCUT2D eigenvalue weighted by Crippen LogP contribution is -2.37. The second kappa shape index (κ2) is 8.45. The third-order valence-corrected chi connectivity index (χ3v) is 6.06. The fourth-order valence-corrected chi connectivity index (χ4v) is 4.28. The van der Waals surface area contributed by atoms with E-state index in [1.165, 1.54) is 11.5 Å². The number of rotatable bonds is 5. The minimum Gasteiger partial charge on any atom is -0.378 e. The molecule has 0 bridgehead atoms. The Labute approximate surface area is 163 Å². The highest BCUT2D eigenvalue weighted by Gasteiger charge is 2.26. The van der Waals surface area contributed by atoms with Crippen molar-refractivity contribution in [1.29, 1.82) is 0 Å². The van der Waals surface area contributed by atoms with E-state index in [4.69, 9.17) is 14.5 Å². The van der Waals surface area contributed by atoms with Gasteiger partial charge in [0.15, 0.2) is 5.82 Å². The van der Waals surface area contributed by atoms with E-state index in [9.17, 15) is 0 Å². The molecule has 0 aromatic carbocycles. The first-order valence-corrected chi connectivity index (χ1v) is 10.3. The van der Waals surface area contributed by atoms with E-state index >= 15 is 0 Å². The number of hydrogen-bond donors (Lipinski definition) is 0. The van der Waals surface area contributed by atoms with Crippen LogP contribution in [0.3, 0.4) is 0 Å². The molecule has 0 radical (unpaired) electrons. The molecule has 146 valence electrons. The first-order valence-electron chi connectivity index (χ1n) is 9.51. The van der Waals surface area contributed by atoms with Crippen LogP contribution in [0, 0.1) is 0 Å². The Morgan fingerprint density at radius 1 is 1.15 bits per heavy atom. The van der Waals surface area contributed by atoms with Crippen LogP contribution in [0.1, 0.15) is 43.4 Å². The van der Waals surface area contributed by atoms with Crippen LogP contribution in [0.2, 0.25) is 0 Å². The van der Waals surface area contributed by atoms with Crippen LogP contribution in [0.5, 0.6) is 0 Å². The zero-order chi connectivity index (χ0) is 18.6. The second-order valence-corrected chi connectivity index (χ2v) is 7.68. The van der Waals surface area contributed by atoms with Gasteiger partial charge in [-0.2, -0.15) is 4.37 Å². The summed E-state index contributed by atoms with van der Waals surface area (Å²) in [4.78, 5) is 18.6. The third-order valence-electron chi connectivity index (χ3n) is 5.27. The normalized spacial score (nSPS) is 20.1. The number of morpholine rings is 1. The zero-order valence-electron chi connectivity index (χ0n) is 15.9. The molecule has 1 unspecified atom stereocenters. The fraction of sp³-hybridized carbons (Fsp3) is 0.667. The highest BCUT2D eigenvalue weighted by Crippen LogP contribution is 2.31. The summed E-state index contributed by atoms with van der Waals surface area (Å²) in [6.07, 6.45) is 3.88. The Bertz CT molecular complexity index is 743. The summed E-state index contributed by atoms with van der Waals surface area (Å²) in [5.41, 5.74) is 0. The van der Waals surface area contributed by atoms with Crippen LogP contribution >= 0.6 is 11.5 Å². The molecule has 0 spiro atoms. The van der Waals surface area contributed by atoms with Crippen molar-refractivity contribution in [2.24, 2.45) is 0 Å². The molecular weight excluding hydrogens is 364 g/mol. The minimum atomic E-state index is -0.0659. The maximum atomic E-state index is 5.44. The molecule has 0 saturated carbocycles. The Morgan fingerprint density at radius 2 is 1.93 bits per heavy atom. The maximum Gasteiger partial charge on any atom is 0.205 e. The van der Waals surface area contributed by atoms with Crippen LogP contribution < -0.4 is 9.80 Å². The predicted molar refractivity (Wildman–Crippen MR) is 105 cm³/mol. The maximum absolute atomic E-state index is 5.44. The minimum absolute atomic E-state index is 0.0659. The average Bonchev–Trinajstić information content (AvgIpc) is 3.24. The van der Waals surface area contributed by atoms with E-state index in [2.05, 4.69) is 24.1 Å². The largest absolute Gasteiger partial charge is 0.378 e. The van der Waals surface area contributed by atoms with Crippen LogP contribution in [-0.4, -0.2) is 65.8 Å². The average molecular weight is 391 g/mol. The fourth-order valence-electron chi connectivity index (χ4n) is 3.48. The van der Waals surface area contributed by atoms with Gasteiger partial charge in [-0.1, -0.05) is 0 Å². The number of nitrogens with zero attached hydrogens (tertiary/aromatic N) is 6. The van der Waals surface area contributed by atoms with Gasteiger partial charge in [0.2, 0.25) is 5.13 Å². The van der Waals surface area contributed by atoms with E-state index in [-0.39, 0.29) is 6.10 Å². The summed E-state index contributed by atoms with van der Waals surface area (Å²) in [7, 11) is 1.68. The second-order valence-electron chi connectivity index (χ2n) is 6.95. The van der Waals surface area contributed by atoms with Crippen molar-refractivity contribution in [1.82, 2.24) is 19.3 Å². The topological polar surface area (TPSA) is 76.5 Å². The monoisotopic (exact) mass is 390 g/mol. The number of hydrogen-bond acceptors (Lipinski definition) is 9. The van der Waals surface area contributed by atoms with Gasteiger partial charge in [0, 0.05) is 56.9 Å². The van der Waals surface area contributed by atoms with Gasteiger partial charge < -0.3 is 19.3 Å². The molecule has 1 atom stereocenters. The zero-order valence-corrected chi connectivity index (χ0v) is 16.7. The standard InChI is InChI=1S/C18H26N6O2S/c1-13(25-2)16-21-18(27-22-16)24-7-4-14(5-8-24)17-19-6-3-15(20-17)23-9-11-26-12-10-23/h3,6,13-14H,4-5,7-12H2,1-2H3. The molecule has 8 nitrogen and oxygen atoms in total. The summed E-state index contributed by atoms with van der Waals surface area (Å²) in [5.74, 6) is 3.14. The highest BCUT2D eigenvalue weighted by atomic mass is 32.1. The molecule has 2 aromatic rings.